The highest BCUT2D eigenvalue weighted by Gasteiger charge is 2.31. The van der Waals surface area contributed by atoms with Gasteiger partial charge in [-0.2, -0.15) is 0 Å². The first kappa shape index (κ1) is 17.2. The maximum Gasteiger partial charge on any atom is 0.253 e. The summed E-state index contributed by atoms with van der Waals surface area (Å²) < 4.78 is 1.83. The van der Waals surface area contributed by atoms with Crippen molar-refractivity contribution < 1.29 is 14.7 Å². The first-order chi connectivity index (χ1) is 12.1. The van der Waals surface area contributed by atoms with E-state index in [-0.39, 0.29) is 24.4 Å². The van der Waals surface area contributed by atoms with Crippen LogP contribution in [-0.4, -0.2) is 56.6 Å². The quantitative estimate of drug-likeness (QED) is 0.836. The van der Waals surface area contributed by atoms with Crippen LogP contribution in [0.2, 0.25) is 0 Å². The summed E-state index contributed by atoms with van der Waals surface area (Å²) in [6.07, 6.45) is 5.23. The van der Waals surface area contributed by atoms with Gasteiger partial charge in [0.05, 0.1) is 18.5 Å². The third-order valence-corrected chi connectivity index (χ3v) is 4.39. The molecule has 0 spiro atoms. The lowest BCUT2D eigenvalue weighted by Crippen LogP contribution is -2.55. The third-order valence-electron chi connectivity index (χ3n) is 4.39. The summed E-state index contributed by atoms with van der Waals surface area (Å²) in [6.45, 7) is 1.28. The van der Waals surface area contributed by atoms with E-state index in [1.807, 2.05) is 22.8 Å². The van der Waals surface area contributed by atoms with Crippen LogP contribution in [0.25, 0.3) is 0 Å². The number of aliphatic hydroxyl groups excluding tert-OH is 1. The average Bonchev–Trinajstić information content (AvgIpc) is 3.15. The topological polar surface area (TPSA) is 87.5 Å². The second kappa shape index (κ2) is 7.94. The van der Waals surface area contributed by atoms with E-state index < -0.39 is 6.10 Å². The number of amides is 2. The molecule has 2 heterocycles. The Balaban J connectivity index is 1.48. The number of likely N-dealkylation sites (tertiary alicyclic amines) is 1. The number of β-amino-alcohol motifs (C(OH)–C–C–N with tert-alkyl or cyclic N) is 1. The molecular weight excluding hydrogens is 320 g/mol. The normalized spacial score (nSPS) is 20.3. The summed E-state index contributed by atoms with van der Waals surface area (Å²) in [7, 11) is 0. The van der Waals surface area contributed by atoms with E-state index in [0.29, 0.717) is 31.5 Å². The highest BCUT2D eigenvalue weighted by atomic mass is 16.3. The van der Waals surface area contributed by atoms with Gasteiger partial charge in [0.2, 0.25) is 5.91 Å². The van der Waals surface area contributed by atoms with E-state index in [4.69, 9.17) is 0 Å². The predicted molar refractivity (Wildman–Crippen MR) is 91.7 cm³/mol. The largest absolute Gasteiger partial charge is 0.389 e. The number of piperidine rings is 1. The fourth-order valence-corrected chi connectivity index (χ4v) is 2.98. The van der Waals surface area contributed by atoms with E-state index in [9.17, 15) is 14.7 Å². The zero-order valence-corrected chi connectivity index (χ0v) is 13.9. The number of imidazole rings is 1. The van der Waals surface area contributed by atoms with Gasteiger partial charge < -0.3 is 19.9 Å². The molecule has 1 saturated heterocycles. The van der Waals surface area contributed by atoms with Crippen LogP contribution >= 0.6 is 0 Å². The summed E-state index contributed by atoms with van der Waals surface area (Å²) in [5.74, 6) is -0.204. The SMILES string of the molecule is O=C(CCn1ccnc1)N[C@@H]1CCN(C(=O)c2ccccc2)C[C@H]1O. The van der Waals surface area contributed by atoms with E-state index in [2.05, 4.69) is 10.3 Å². The minimum atomic E-state index is -0.765. The highest BCUT2D eigenvalue weighted by Crippen LogP contribution is 2.15. The molecule has 1 aromatic heterocycles. The highest BCUT2D eigenvalue weighted by molar-refractivity contribution is 5.94. The third kappa shape index (κ3) is 4.45. The molecule has 25 heavy (non-hydrogen) atoms. The zero-order valence-electron chi connectivity index (χ0n) is 13.9. The minimum absolute atomic E-state index is 0.0930. The number of carbonyl (C=O) groups is 2. The van der Waals surface area contributed by atoms with Crippen molar-refractivity contribution in [1.29, 1.82) is 0 Å². The van der Waals surface area contributed by atoms with Gasteiger partial charge in [0.1, 0.15) is 0 Å². The Kier molecular flexibility index (Phi) is 5.45. The molecule has 1 aromatic carbocycles. The van der Waals surface area contributed by atoms with E-state index in [1.54, 1.807) is 35.8 Å². The van der Waals surface area contributed by atoms with Gasteiger partial charge in [-0.15, -0.1) is 0 Å². The first-order valence-electron chi connectivity index (χ1n) is 8.41. The number of aryl methyl sites for hydroxylation is 1. The van der Waals surface area contributed by atoms with Crippen molar-refractivity contribution in [1.82, 2.24) is 19.8 Å². The molecular formula is C18H22N4O3. The molecule has 0 unspecified atom stereocenters. The zero-order chi connectivity index (χ0) is 17.6. The van der Waals surface area contributed by atoms with Crippen LogP contribution in [0.4, 0.5) is 0 Å². The Labute approximate surface area is 146 Å². The van der Waals surface area contributed by atoms with Crippen LogP contribution in [0.15, 0.2) is 49.1 Å². The van der Waals surface area contributed by atoms with Crippen molar-refractivity contribution in [2.75, 3.05) is 13.1 Å². The van der Waals surface area contributed by atoms with Gasteiger partial charge in [-0.3, -0.25) is 9.59 Å². The standard InChI is InChI=1S/C18H22N4O3/c23-16-12-22(18(25)14-4-2-1-3-5-14)10-6-15(16)20-17(24)7-9-21-11-8-19-13-21/h1-5,8,11,13,15-16,23H,6-7,9-10,12H2,(H,20,24)/t15-,16-/m1/s1. The van der Waals surface area contributed by atoms with Crippen LogP contribution in [0, 0.1) is 0 Å². The molecule has 3 rings (SSSR count). The molecule has 2 atom stereocenters. The molecule has 0 aliphatic carbocycles. The van der Waals surface area contributed by atoms with Crippen molar-refractivity contribution in [2.24, 2.45) is 0 Å². The monoisotopic (exact) mass is 342 g/mol. The molecule has 0 bridgehead atoms. The van der Waals surface area contributed by atoms with Crippen LogP contribution < -0.4 is 5.32 Å². The first-order valence-corrected chi connectivity index (χ1v) is 8.41. The smallest absolute Gasteiger partial charge is 0.253 e. The summed E-state index contributed by atoms with van der Waals surface area (Å²) in [5, 5.41) is 13.2. The van der Waals surface area contributed by atoms with Crippen LogP contribution in [0.1, 0.15) is 23.2 Å². The van der Waals surface area contributed by atoms with Gasteiger partial charge in [-0.25, -0.2) is 4.98 Å². The van der Waals surface area contributed by atoms with Crippen LogP contribution in [-0.2, 0) is 11.3 Å². The van der Waals surface area contributed by atoms with Gasteiger partial charge in [0.25, 0.3) is 5.91 Å². The van der Waals surface area contributed by atoms with E-state index >= 15 is 0 Å². The number of aliphatic hydroxyl groups is 1. The number of benzene rings is 1. The molecule has 0 radical (unpaired) electrons. The van der Waals surface area contributed by atoms with E-state index in [0.717, 1.165) is 0 Å². The van der Waals surface area contributed by atoms with Crippen LogP contribution in [0.5, 0.6) is 0 Å². The Morgan fingerprint density at radius 3 is 2.76 bits per heavy atom. The molecule has 1 fully saturated rings. The van der Waals surface area contributed by atoms with Crippen molar-refractivity contribution in [3.63, 3.8) is 0 Å². The Bertz CT molecular complexity index is 702. The van der Waals surface area contributed by atoms with Crippen LogP contribution in [0.3, 0.4) is 0 Å². The van der Waals surface area contributed by atoms with Crippen molar-refractivity contribution in [3.8, 4) is 0 Å². The Morgan fingerprint density at radius 1 is 1.28 bits per heavy atom. The maximum atomic E-state index is 12.4. The summed E-state index contributed by atoms with van der Waals surface area (Å²) in [6, 6.07) is 8.69. The van der Waals surface area contributed by atoms with Crippen molar-refractivity contribution in [3.05, 3.63) is 54.6 Å². The summed E-state index contributed by atoms with van der Waals surface area (Å²) >= 11 is 0. The fourth-order valence-electron chi connectivity index (χ4n) is 2.98. The summed E-state index contributed by atoms with van der Waals surface area (Å²) in [5.41, 5.74) is 0.609. The molecule has 1 aliphatic heterocycles. The minimum Gasteiger partial charge on any atom is -0.389 e. The molecule has 0 saturated carbocycles. The maximum absolute atomic E-state index is 12.4. The fraction of sp³-hybridized carbons (Fsp3) is 0.389. The number of hydrogen-bond donors (Lipinski definition) is 2. The lowest BCUT2D eigenvalue weighted by atomic mass is 10.0. The molecule has 7 heteroatoms. The average molecular weight is 342 g/mol. The number of rotatable bonds is 5. The van der Waals surface area contributed by atoms with Gasteiger partial charge >= 0.3 is 0 Å². The van der Waals surface area contributed by atoms with Gasteiger partial charge in [0, 0.05) is 44.0 Å². The number of carbonyl (C=O) groups excluding carboxylic acids is 2. The summed E-state index contributed by atoms with van der Waals surface area (Å²) in [4.78, 5) is 30.0. The number of aromatic nitrogens is 2. The van der Waals surface area contributed by atoms with Crippen molar-refractivity contribution in [2.45, 2.75) is 31.5 Å². The number of nitrogens with one attached hydrogen (secondary N) is 1. The molecule has 1 aliphatic rings. The molecule has 2 N–H and O–H groups in total. The van der Waals surface area contributed by atoms with Gasteiger partial charge in [-0.1, -0.05) is 18.2 Å². The lowest BCUT2D eigenvalue weighted by Gasteiger charge is -2.36. The Morgan fingerprint density at radius 2 is 2.08 bits per heavy atom. The molecule has 7 nitrogen and oxygen atoms in total. The number of nitrogens with zero attached hydrogens (tertiary/aromatic N) is 3. The second-order valence-corrected chi connectivity index (χ2v) is 6.20. The molecule has 132 valence electrons. The van der Waals surface area contributed by atoms with Crippen molar-refractivity contribution >= 4 is 11.8 Å². The second-order valence-electron chi connectivity index (χ2n) is 6.20. The van der Waals surface area contributed by atoms with Gasteiger partial charge in [-0.05, 0) is 18.6 Å². The predicted octanol–water partition coefficient (Wildman–Crippen LogP) is 0.665. The Hall–Kier alpha value is -2.67. The molecule has 2 amide bonds. The lowest BCUT2D eigenvalue weighted by molar-refractivity contribution is -0.123. The van der Waals surface area contributed by atoms with E-state index in [1.165, 1.54) is 0 Å². The molecule has 2 aromatic rings. The van der Waals surface area contributed by atoms with Gasteiger partial charge in [0.15, 0.2) is 0 Å². The number of hydrogen-bond acceptors (Lipinski definition) is 4.